The van der Waals surface area contributed by atoms with Gasteiger partial charge in [-0.3, -0.25) is 9.36 Å². The van der Waals surface area contributed by atoms with Crippen molar-refractivity contribution in [3.63, 3.8) is 0 Å². The highest BCUT2D eigenvalue weighted by Crippen LogP contribution is 2.37. The molecule has 0 unspecified atom stereocenters. The minimum atomic E-state index is 0.0900. The minimum Gasteiger partial charge on any atom is -0.337 e. The number of amides is 1. The number of carbonyl (C=O) groups is 1. The maximum atomic E-state index is 12.9. The van der Waals surface area contributed by atoms with Crippen LogP contribution in [0.4, 0.5) is 0 Å². The Bertz CT molecular complexity index is 678. The van der Waals surface area contributed by atoms with Gasteiger partial charge in [0.1, 0.15) is 5.69 Å². The molecule has 5 heteroatoms. The fourth-order valence-corrected chi connectivity index (χ4v) is 3.82. The Labute approximate surface area is 136 Å². The molecule has 0 aliphatic carbocycles. The number of nitrogens with zero attached hydrogens (tertiary/aromatic N) is 3. The first-order valence-electron chi connectivity index (χ1n) is 8.35. The molecule has 0 atom stereocenters. The van der Waals surface area contributed by atoms with Gasteiger partial charge < -0.3 is 10.2 Å². The van der Waals surface area contributed by atoms with Gasteiger partial charge in [0.15, 0.2) is 0 Å². The predicted molar refractivity (Wildman–Crippen MR) is 88.6 cm³/mol. The Kier molecular flexibility index (Phi) is 3.65. The van der Waals surface area contributed by atoms with Crippen LogP contribution in [0.3, 0.4) is 0 Å². The maximum Gasteiger partial charge on any atom is 0.272 e. The van der Waals surface area contributed by atoms with Crippen LogP contribution in [0.25, 0.3) is 5.69 Å². The summed E-state index contributed by atoms with van der Waals surface area (Å²) in [4.78, 5) is 19.1. The van der Waals surface area contributed by atoms with Crippen LogP contribution in [0, 0.1) is 5.41 Å². The average molecular weight is 310 g/mol. The number of rotatable bonds is 2. The van der Waals surface area contributed by atoms with Crippen LogP contribution in [-0.2, 0) is 0 Å². The van der Waals surface area contributed by atoms with E-state index in [0.29, 0.717) is 11.1 Å². The highest BCUT2D eigenvalue weighted by Gasteiger charge is 2.38. The molecule has 1 amide bonds. The predicted octanol–water partition coefficient (Wildman–Crippen LogP) is 2.09. The topological polar surface area (TPSA) is 50.2 Å². The lowest BCUT2D eigenvalue weighted by Gasteiger charge is -2.38. The van der Waals surface area contributed by atoms with Crippen LogP contribution in [0.5, 0.6) is 0 Å². The molecule has 2 aliphatic rings. The van der Waals surface area contributed by atoms with Gasteiger partial charge in [-0.25, -0.2) is 4.98 Å². The summed E-state index contributed by atoms with van der Waals surface area (Å²) in [5, 5.41) is 3.47. The Hall–Kier alpha value is -2.14. The minimum absolute atomic E-state index is 0.0900. The van der Waals surface area contributed by atoms with Crippen LogP contribution in [0.2, 0.25) is 0 Å². The fourth-order valence-electron chi connectivity index (χ4n) is 3.82. The van der Waals surface area contributed by atoms with E-state index in [2.05, 4.69) is 10.3 Å². The van der Waals surface area contributed by atoms with Crippen molar-refractivity contribution >= 4 is 5.91 Å². The van der Waals surface area contributed by atoms with Gasteiger partial charge in [0.25, 0.3) is 5.91 Å². The molecule has 3 heterocycles. The van der Waals surface area contributed by atoms with Gasteiger partial charge in [0.05, 0.1) is 12.5 Å². The molecule has 1 N–H and O–H groups in total. The Balaban J connectivity index is 1.51. The van der Waals surface area contributed by atoms with Crippen molar-refractivity contribution in [3.8, 4) is 5.69 Å². The second kappa shape index (κ2) is 5.81. The molecule has 1 spiro atoms. The quantitative estimate of drug-likeness (QED) is 0.924. The van der Waals surface area contributed by atoms with E-state index in [9.17, 15) is 4.79 Å². The van der Waals surface area contributed by atoms with Gasteiger partial charge >= 0.3 is 0 Å². The number of likely N-dealkylation sites (tertiary alicyclic amines) is 1. The van der Waals surface area contributed by atoms with Crippen LogP contribution in [-0.4, -0.2) is 46.5 Å². The first-order valence-corrected chi connectivity index (χ1v) is 8.35. The summed E-state index contributed by atoms with van der Waals surface area (Å²) < 4.78 is 1.88. The van der Waals surface area contributed by atoms with Crippen LogP contribution >= 0.6 is 0 Å². The molecule has 2 saturated heterocycles. The molecule has 120 valence electrons. The summed E-state index contributed by atoms with van der Waals surface area (Å²) in [7, 11) is 0. The first kappa shape index (κ1) is 14.5. The molecule has 1 aromatic heterocycles. The van der Waals surface area contributed by atoms with Crippen LogP contribution < -0.4 is 5.32 Å². The standard InChI is InChI=1S/C18H22N4O/c23-17(21-10-7-18(8-11-21)6-9-19-13-18)16-12-20-14-22(16)15-4-2-1-3-5-15/h1-5,12,14,19H,6-11,13H2. The molecule has 2 aromatic rings. The van der Waals surface area contributed by atoms with Gasteiger partial charge in [-0.05, 0) is 43.4 Å². The second-order valence-electron chi connectivity index (χ2n) is 6.70. The Morgan fingerprint density at radius 1 is 1.13 bits per heavy atom. The lowest BCUT2D eigenvalue weighted by molar-refractivity contribution is 0.0600. The van der Waals surface area contributed by atoms with Crippen molar-refractivity contribution < 1.29 is 4.79 Å². The normalized spacial score (nSPS) is 20.1. The number of carbonyl (C=O) groups excluding carboxylic acids is 1. The molecule has 0 saturated carbocycles. The summed E-state index contributed by atoms with van der Waals surface area (Å²) >= 11 is 0. The van der Waals surface area contributed by atoms with E-state index >= 15 is 0 Å². The molecule has 0 radical (unpaired) electrons. The third-order valence-electron chi connectivity index (χ3n) is 5.34. The van der Waals surface area contributed by atoms with E-state index in [1.807, 2.05) is 39.8 Å². The highest BCUT2D eigenvalue weighted by molar-refractivity contribution is 5.93. The van der Waals surface area contributed by atoms with Crippen molar-refractivity contribution in [1.29, 1.82) is 0 Å². The van der Waals surface area contributed by atoms with Gasteiger partial charge in [0.2, 0.25) is 0 Å². The molecule has 0 bridgehead atoms. The third-order valence-corrected chi connectivity index (χ3v) is 5.34. The Morgan fingerprint density at radius 3 is 2.61 bits per heavy atom. The number of piperidine rings is 1. The largest absolute Gasteiger partial charge is 0.337 e. The van der Waals surface area contributed by atoms with Gasteiger partial charge in [0, 0.05) is 25.3 Å². The molecule has 23 heavy (non-hydrogen) atoms. The molecular weight excluding hydrogens is 288 g/mol. The number of hydrogen-bond donors (Lipinski definition) is 1. The Morgan fingerprint density at radius 2 is 1.91 bits per heavy atom. The number of nitrogens with one attached hydrogen (secondary N) is 1. The van der Waals surface area contributed by atoms with Gasteiger partial charge in [-0.1, -0.05) is 18.2 Å². The van der Waals surface area contributed by atoms with Crippen molar-refractivity contribution in [2.75, 3.05) is 26.2 Å². The zero-order valence-electron chi connectivity index (χ0n) is 13.2. The van der Waals surface area contributed by atoms with Crippen molar-refractivity contribution in [3.05, 3.63) is 48.5 Å². The monoisotopic (exact) mass is 310 g/mol. The summed E-state index contributed by atoms with van der Waals surface area (Å²) in [6.07, 6.45) is 6.85. The fraction of sp³-hybridized carbons (Fsp3) is 0.444. The van der Waals surface area contributed by atoms with E-state index in [1.54, 1.807) is 12.5 Å². The lowest BCUT2D eigenvalue weighted by atomic mass is 9.78. The van der Waals surface area contributed by atoms with Crippen molar-refractivity contribution in [2.24, 2.45) is 5.41 Å². The number of aromatic nitrogens is 2. The van der Waals surface area contributed by atoms with E-state index in [-0.39, 0.29) is 5.91 Å². The third kappa shape index (κ3) is 2.65. The van der Waals surface area contributed by atoms with Crippen molar-refractivity contribution in [1.82, 2.24) is 19.8 Å². The van der Waals surface area contributed by atoms with E-state index in [4.69, 9.17) is 0 Å². The number of benzene rings is 1. The molecular formula is C18H22N4O. The smallest absolute Gasteiger partial charge is 0.272 e. The number of imidazole rings is 1. The summed E-state index contributed by atoms with van der Waals surface area (Å²) in [6.45, 7) is 3.92. The molecule has 4 rings (SSSR count). The second-order valence-corrected chi connectivity index (χ2v) is 6.70. The number of hydrogen-bond acceptors (Lipinski definition) is 3. The summed E-state index contributed by atoms with van der Waals surface area (Å²) in [5.74, 6) is 0.0900. The van der Waals surface area contributed by atoms with Crippen molar-refractivity contribution in [2.45, 2.75) is 19.3 Å². The maximum absolute atomic E-state index is 12.9. The molecule has 5 nitrogen and oxygen atoms in total. The highest BCUT2D eigenvalue weighted by atomic mass is 16.2. The SMILES string of the molecule is O=C(c1cncn1-c1ccccc1)N1CCC2(CCNC2)CC1. The van der Waals surface area contributed by atoms with Crippen LogP contribution in [0.1, 0.15) is 29.8 Å². The van der Waals surface area contributed by atoms with E-state index in [0.717, 1.165) is 44.7 Å². The van der Waals surface area contributed by atoms with Gasteiger partial charge in [-0.15, -0.1) is 0 Å². The van der Waals surface area contributed by atoms with Gasteiger partial charge in [-0.2, -0.15) is 0 Å². The molecule has 1 aromatic carbocycles. The molecule has 2 aliphatic heterocycles. The van der Waals surface area contributed by atoms with E-state index < -0.39 is 0 Å². The summed E-state index contributed by atoms with van der Waals surface area (Å²) in [6, 6.07) is 9.91. The zero-order chi connectivity index (χ0) is 15.7. The van der Waals surface area contributed by atoms with E-state index in [1.165, 1.54) is 6.42 Å². The van der Waals surface area contributed by atoms with Crippen LogP contribution in [0.15, 0.2) is 42.9 Å². The number of para-hydroxylation sites is 1. The first-order chi connectivity index (χ1) is 11.3. The summed E-state index contributed by atoms with van der Waals surface area (Å²) in [5.41, 5.74) is 2.05. The average Bonchev–Trinajstić information content (AvgIpc) is 3.26. The molecule has 2 fully saturated rings. The zero-order valence-corrected chi connectivity index (χ0v) is 13.2. The lowest BCUT2D eigenvalue weighted by Crippen LogP contribution is -2.44.